The van der Waals surface area contributed by atoms with Gasteiger partial charge in [-0.1, -0.05) is 54.6 Å². The smallest absolute Gasteiger partial charge is 0.244 e. The van der Waals surface area contributed by atoms with Crippen LogP contribution in [0.5, 0.6) is 0 Å². The van der Waals surface area contributed by atoms with Crippen LogP contribution in [0.15, 0.2) is 77.7 Å². The van der Waals surface area contributed by atoms with Gasteiger partial charge in [0.15, 0.2) is 0 Å². The highest BCUT2D eigenvalue weighted by Crippen LogP contribution is 2.34. The summed E-state index contributed by atoms with van der Waals surface area (Å²) in [5.74, 6) is -0.220. The molecule has 0 aromatic heterocycles. The first-order valence-corrected chi connectivity index (χ1v) is 12.7. The van der Waals surface area contributed by atoms with Gasteiger partial charge in [0.1, 0.15) is 0 Å². The first-order chi connectivity index (χ1) is 15.7. The largest absolute Gasteiger partial charge is 0.308 e. The lowest BCUT2D eigenvalue weighted by Crippen LogP contribution is -2.45. The number of anilines is 1. The van der Waals surface area contributed by atoms with Crippen LogP contribution in [0.3, 0.4) is 0 Å². The molecule has 6 heteroatoms. The topological polar surface area (TPSA) is 57.7 Å². The van der Waals surface area contributed by atoms with Crippen LogP contribution >= 0.6 is 0 Å². The highest BCUT2D eigenvalue weighted by atomic mass is 32.2. The van der Waals surface area contributed by atoms with E-state index in [9.17, 15) is 13.2 Å². The summed E-state index contributed by atoms with van der Waals surface area (Å²) in [5, 5.41) is 0. The Morgan fingerprint density at radius 2 is 1.67 bits per heavy atom. The number of carbonyl (C=O) groups excluding carboxylic acids is 1. The molecule has 0 unspecified atom stereocenters. The van der Waals surface area contributed by atoms with Crippen LogP contribution < -0.4 is 4.90 Å². The first-order valence-electron chi connectivity index (χ1n) is 11.2. The van der Waals surface area contributed by atoms with E-state index in [0.29, 0.717) is 0 Å². The van der Waals surface area contributed by atoms with Crippen LogP contribution in [0.1, 0.15) is 42.1 Å². The van der Waals surface area contributed by atoms with Gasteiger partial charge >= 0.3 is 0 Å². The van der Waals surface area contributed by atoms with Crippen LogP contribution in [0.2, 0.25) is 0 Å². The summed E-state index contributed by atoms with van der Waals surface area (Å²) in [6.45, 7) is 7.45. The number of rotatable bonds is 6. The molecule has 3 aromatic rings. The van der Waals surface area contributed by atoms with Crippen LogP contribution in [-0.2, 0) is 21.2 Å². The maximum absolute atomic E-state index is 13.8. The second-order valence-corrected chi connectivity index (χ2v) is 10.7. The summed E-state index contributed by atoms with van der Waals surface area (Å²) in [4.78, 5) is 15.5. The zero-order chi connectivity index (χ0) is 23.8. The second-order valence-electron chi connectivity index (χ2n) is 8.83. The summed E-state index contributed by atoms with van der Waals surface area (Å²) in [6.07, 6.45) is 0.764. The van der Waals surface area contributed by atoms with E-state index in [1.54, 1.807) is 17.0 Å². The molecule has 1 aliphatic heterocycles. The van der Waals surface area contributed by atoms with Crippen molar-refractivity contribution in [1.29, 1.82) is 0 Å². The minimum Gasteiger partial charge on any atom is -0.308 e. The Labute approximate surface area is 196 Å². The Balaban J connectivity index is 1.73. The van der Waals surface area contributed by atoms with E-state index in [2.05, 4.69) is 0 Å². The summed E-state index contributed by atoms with van der Waals surface area (Å²) in [7, 11) is -3.92. The maximum atomic E-state index is 13.8. The van der Waals surface area contributed by atoms with Crippen LogP contribution in [-0.4, -0.2) is 31.2 Å². The number of sulfonamides is 1. The van der Waals surface area contributed by atoms with Crippen molar-refractivity contribution in [1.82, 2.24) is 4.31 Å². The van der Waals surface area contributed by atoms with E-state index in [4.69, 9.17) is 0 Å². The molecule has 1 heterocycles. The fourth-order valence-corrected chi connectivity index (χ4v) is 6.15. The van der Waals surface area contributed by atoms with E-state index in [1.165, 1.54) is 4.31 Å². The van der Waals surface area contributed by atoms with Gasteiger partial charge < -0.3 is 4.90 Å². The van der Waals surface area contributed by atoms with Crippen molar-refractivity contribution in [2.45, 2.75) is 51.1 Å². The lowest BCUT2D eigenvalue weighted by molar-refractivity contribution is -0.119. The zero-order valence-corrected chi connectivity index (χ0v) is 20.3. The fraction of sp³-hybridized carbons (Fsp3) is 0.296. The van der Waals surface area contributed by atoms with Gasteiger partial charge in [-0.2, -0.15) is 4.31 Å². The second kappa shape index (κ2) is 9.12. The van der Waals surface area contributed by atoms with Crippen molar-refractivity contribution in [3.05, 3.63) is 95.1 Å². The number of carbonyl (C=O) groups is 1. The highest BCUT2D eigenvalue weighted by Gasteiger charge is 2.37. The average molecular weight is 463 g/mol. The molecule has 0 saturated heterocycles. The molecule has 0 bridgehead atoms. The number of nitrogens with zero attached hydrogens (tertiary/aromatic N) is 2. The van der Waals surface area contributed by atoms with Gasteiger partial charge in [0.05, 0.1) is 11.4 Å². The Kier molecular flexibility index (Phi) is 6.41. The molecule has 0 radical (unpaired) electrons. The quantitative estimate of drug-likeness (QED) is 0.516. The number of benzene rings is 3. The van der Waals surface area contributed by atoms with Gasteiger partial charge in [-0.25, -0.2) is 8.42 Å². The summed E-state index contributed by atoms with van der Waals surface area (Å²) in [5.41, 5.74) is 4.74. The van der Waals surface area contributed by atoms with Gasteiger partial charge in [-0.3, -0.25) is 4.79 Å². The molecule has 172 valence electrons. The monoisotopic (exact) mass is 462 g/mol. The van der Waals surface area contributed by atoms with Crippen molar-refractivity contribution < 1.29 is 13.2 Å². The molecule has 33 heavy (non-hydrogen) atoms. The Hall–Kier alpha value is -2.96. The Morgan fingerprint density at radius 3 is 2.36 bits per heavy atom. The molecule has 0 aliphatic carbocycles. The van der Waals surface area contributed by atoms with E-state index in [0.717, 1.165) is 34.4 Å². The molecule has 0 saturated carbocycles. The fourth-order valence-electron chi connectivity index (χ4n) is 4.49. The van der Waals surface area contributed by atoms with E-state index >= 15 is 0 Å². The molecule has 0 spiro atoms. The van der Waals surface area contributed by atoms with Crippen LogP contribution in [0, 0.1) is 13.8 Å². The summed E-state index contributed by atoms with van der Waals surface area (Å²) < 4.78 is 29.0. The SMILES string of the molecule is Cc1ccc(S(=O)(=O)N(CC(=O)N2c3ccccc3C[C@H]2C)[C@@H](C)c2ccccc2)cc1C. The van der Waals surface area contributed by atoms with Crippen molar-refractivity contribution in [2.75, 3.05) is 11.4 Å². The molecule has 3 aromatic carbocycles. The normalized spacial score (nSPS) is 16.6. The van der Waals surface area contributed by atoms with Crippen LogP contribution in [0.25, 0.3) is 0 Å². The molecule has 0 N–H and O–H groups in total. The summed E-state index contributed by atoms with van der Waals surface area (Å²) >= 11 is 0. The third-order valence-corrected chi connectivity index (χ3v) is 8.48. The van der Waals surface area contributed by atoms with E-state index in [-0.39, 0.29) is 23.4 Å². The molecule has 0 fully saturated rings. The number of aryl methyl sites for hydroxylation is 2. The molecule has 4 rings (SSSR count). The molecule has 2 atom stereocenters. The maximum Gasteiger partial charge on any atom is 0.244 e. The molecular formula is C27H30N2O3S. The van der Waals surface area contributed by atoms with Crippen molar-refractivity contribution in [3.8, 4) is 0 Å². The minimum absolute atomic E-state index is 0.0203. The number of fused-ring (bicyclic) bond motifs is 1. The predicted octanol–water partition coefficient (Wildman–Crippen LogP) is 5.03. The van der Waals surface area contributed by atoms with Gasteiger partial charge in [0.2, 0.25) is 15.9 Å². The molecule has 1 aliphatic rings. The molecule has 1 amide bonds. The van der Waals surface area contributed by atoms with E-state index < -0.39 is 16.1 Å². The van der Waals surface area contributed by atoms with Gasteiger partial charge in [0, 0.05) is 17.8 Å². The van der Waals surface area contributed by atoms with Crippen molar-refractivity contribution in [3.63, 3.8) is 0 Å². The standard InChI is InChI=1S/C27H30N2O3S/c1-19-14-15-25(16-20(19)2)33(31,32)28(22(4)23-10-6-5-7-11-23)18-27(30)29-21(3)17-24-12-8-9-13-26(24)29/h5-16,21-22H,17-18H2,1-4H3/t21-,22+/m1/s1. The first kappa shape index (κ1) is 23.2. The van der Waals surface area contributed by atoms with Crippen LogP contribution in [0.4, 0.5) is 5.69 Å². The van der Waals surface area contributed by atoms with Crippen molar-refractivity contribution in [2.24, 2.45) is 0 Å². The zero-order valence-electron chi connectivity index (χ0n) is 19.5. The third kappa shape index (κ3) is 4.45. The molecular weight excluding hydrogens is 432 g/mol. The number of para-hydroxylation sites is 1. The number of hydrogen-bond donors (Lipinski definition) is 0. The van der Waals surface area contributed by atoms with Crippen molar-refractivity contribution >= 4 is 21.6 Å². The lowest BCUT2D eigenvalue weighted by Gasteiger charge is -2.31. The summed E-state index contributed by atoms with van der Waals surface area (Å²) in [6, 6.07) is 21.9. The molecule has 5 nitrogen and oxygen atoms in total. The number of hydrogen-bond acceptors (Lipinski definition) is 3. The Morgan fingerprint density at radius 1 is 1.00 bits per heavy atom. The predicted molar refractivity (Wildman–Crippen MR) is 132 cm³/mol. The lowest BCUT2D eigenvalue weighted by atomic mass is 10.1. The van der Waals surface area contributed by atoms with Gasteiger partial charge in [-0.05, 0) is 74.6 Å². The third-order valence-electron chi connectivity index (χ3n) is 6.57. The number of amides is 1. The highest BCUT2D eigenvalue weighted by molar-refractivity contribution is 7.89. The Bertz CT molecular complexity index is 1270. The van der Waals surface area contributed by atoms with Gasteiger partial charge in [-0.15, -0.1) is 0 Å². The van der Waals surface area contributed by atoms with Gasteiger partial charge in [0.25, 0.3) is 0 Å². The average Bonchev–Trinajstić information content (AvgIpc) is 3.14. The van der Waals surface area contributed by atoms with E-state index in [1.807, 2.05) is 88.4 Å². The minimum atomic E-state index is -3.92.